The van der Waals surface area contributed by atoms with E-state index < -0.39 is 0 Å². The van der Waals surface area contributed by atoms with Crippen LogP contribution in [0.25, 0.3) is 0 Å². The van der Waals surface area contributed by atoms with Crippen LogP contribution in [0.15, 0.2) is 0 Å². The Labute approximate surface area is 102 Å². The van der Waals surface area contributed by atoms with E-state index in [2.05, 4.69) is 33.0 Å². The van der Waals surface area contributed by atoms with Crippen molar-refractivity contribution in [1.29, 1.82) is 0 Å². The number of rotatable bonds is 4. The molecule has 1 saturated carbocycles. The molecule has 1 aromatic heterocycles. The van der Waals surface area contributed by atoms with Gasteiger partial charge in [-0.3, -0.25) is 0 Å². The lowest BCUT2D eigenvalue weighted by Gasteiger charge is -2.17. The molecule has 0 aromatic carbocycles. The van der Waals surface area contributed by atoms with E-state index in [1.807, 2.05) is 11.3 Å². The molecule has 0 saturated heterocycles. The van der Waals surface area contributed by atoms with Gasteiger partial charge in [0.1, 0.15) is 0 Å². The molecule has 1 fully saturated rings. The Balaban J connectivity index is 2.15. The predicted octanol–water partition coefficient (Wildman–Crippen LogP) is 3.26. The lowest BCUT2D eigenvalue weighted by molar-refractivity contribution is 0.557. The summed E-state index contributed by atoms with van der Waals surface area (Å²) in [4.78, 5) is 6.22. The molecule has 0 radical (unpaired) electrons. The second kappa shape index (κ2) is 4.46. The minimum Gasteiger partial charge on any atom is -0.309 e. The zero-order chi connectivity index (χ0) is 11.8. The molecule has 1 aromatic rings. The summed E-state index contributed by atoms with van der Waals surface area (Å²) in [6.45, 7) is 9.95. The zero-order valence-corrected chi connectivity index (χ0v) is 11.6. The highest BCUT2D eigenvalue weighted by Crippen LogP contribution is 2.30. The average Bonchev–Trinajstić information content (AvgIpc) is 2.92. The van der Waals surface area contributed by atoms with Crippen LogP contribution < -0.4 is 5.32 Å². The van der Waals surface area contributed by atoms with Gasteiger partial charge in [0.25, 0.3) is 0 Å². The summed E-state index contributed by atoms with van der Waals surface area (Å²) < 4.78 is 0. The summed E-state index contributed by atoms with van der Waals surface area (Å²) in [5, 5.41) is 4.87. The number of aromatic nitrogens is 1. The summed E-state index contributed by atoms with van der Waals surface area (Å²) in [7, 11) is 0. The molecular weight excluding hydrogens is 216 g/mol. The Morgan fingerprint density at radius 3 is 2.56 bits per heavy atom. The molecule has 90 valence electrons. The molecule has 1 aliphatic carbocycles. The first-order valence-corrected chi connectivity index (χ1v) is 7.04. The molecular formula is C13H22N2S. The quantitative estimate of drug-likeness (QED) is 0.871. The van der Waals surface area contributed by atoms with Crippen molar-refractivity contribution in [2.24, 2.45) is 0 Å². The largest absolute Gasteiger partial charge is 0.309 e. The molecule has 3 heteroatoms. The lowest BCUT2D eigenvalue weighted by atomic mass is 9.91. The van der Waals surface area contributed by atoms with Gasteiger partial charge in [-0.2, -0.15) is 0 Å². The topological polar surface area (TPSA) is 24.9 Å². The zero-order valence-electron chi connectivity index (χ0n) is 10.8. The molecule has 2 rings (SSSR count). The monoisotopic (exact) mass is 238 g/mol. The third-order valence-corrected chi connectivity index (χ3v) is 4.08. The van der Waals surface area contributed by atoms with Crippen LogP contribution in [0, 0.1) is 0 Å². The van der Waals surface area contributed by atoms with E-state index in [0.29, 0.717) is 0 Å². The highest BCUT2D eigenvalue weighted by Gasteiger charge is 2.25. The first kappa shape index (κ1) is 12.1. The Bertz CT molecular complexity index is 358. The fourth-order valence-electron chi connectivity index (χ4n) is 1.78. The third-order valence-electron chi connectivity index (χ3n) is 2.88. The van der Waals surface area contributed by atoms with E-state index in [0.717, 1.165) is 19.0 Å². The third kappa shape index (κ3) is 2.83. The van der Waals surface area contributed by atoms with Crippen LogP contribution in [0.5, 0.6) is 0 Å². The first-order valence-electron chi connectivity index (χ1n) is 6.23. The predicted molar refractivity (Wildman–Crippen MR) is 70.1 cm³/mol. The summed E-state index contributed by atoms with van der Waals surface area (Å²) >= 11 is 1.88. The van der Waals surface area contributed by atoms with Gasteiger partial charge >= 0.3 is 0 Å². The molecule has 1 aliphatic rings. The van der Waals surface area contributed by atoms with E-state index in [-0.39, 0.29) is 5.41 Å². The van der Waals surface area contributed by atoms with Crippen molar-refractivity contribution in [3.63, 3.8) is 0 Å². The number of hydrogen-bond acceptors (Lipinski definition) is 3. The number of nitrogens with one attached hydrogen (secondary N) is 1. The molecule has 0 amide bonds. The minimum atomic E-state index is 0.171. The molecule has 2 nitrogen and oxygen atoms in total. The molecule has 16 heavy (non-hydrogen) atoms. The molecule has 0 atom stereocenters. The summed E-state index contributed by atoms with van der Waals surface area (Å²) in [6, 6.07) is 0.778. The second-order valence-corrected chi connectivity index (χ2v) is 6.81. The van der Waals surface area contributed by atoms with Crippen LogP contribution >= 0.6 is 11.3 Å². The fourth-order valence-corrected chi connectivity index (χ4v) is 2.95. The van der Waals surface area contributed by atoms with E-state index in [4.69, 9.17) is 4.98 Å². The fraction of sp³-hybridized carbons (Fsp3) is 0.769. The SMILES string of the molecule is CCc1nc(C(C)(C)C)c(CNC2CC2)s1. The summed E-state index contributed by atoms with van der Waals surface area (Å²) in [5.41, 5.74) is 1.47. The Morgan fingerprint density at radius 2 is 2.06 bits per heavy atom. The lowest BCUT2D eigenvalue weighted by Crippen LogP contribution is -2.19. The maximum atomic E-state index is 4.78. The number of aryl methyl sites for hydroxylation is 1. The highest BCUT2D eigenvalue weighted by atomic mass is 32.1. The number of hydrogen-bond donors (Lipinski definition) is 1. The van der Waals surface area contributed by atoms with E-state index in [1.165, 1.54) is 28.4 Å². The standard InChI is InChI=1S/C13H22N2S/c1-5-11-15-12(13(2,3)4)10(16-11)8-14-9-6-7-9/h9,14H,5-8H2,1-4H3. The minimum absolute atomic E-state index is 0.171. The number of thiazole rings is 1. The van der Waals surface area contributed by atoms with Crippen molar-refractivity contribution in [1.82, 2.24) is 10.3 Å². The number of nitrogens with zero attached hydrogens (tertiary/aromatic N) is 1. The van der Waals surface area contributed by atoms with Crippen molar-refractivity contribution < 1.29 is 0 Å². The van der Waals surface area contributed by atoms with Gasteiger partial charge in [0, 0.05) is 22.9 Å². The van der Waals surface area contributed by atoms with Gasteiger partial charge in [0.05, 0.1) is 10.7 Å². The maximum absolute atomic E-state index is 4.78. The van der Waals surface area contributed by atoms with Gasteiger partial charge in [-0.1, -0.05) is 27.7 Å². The molecule has 0 unspecified atom stereocenters. The van der Waals surface area contributed by atoms with Gasteiger partial charge in [0.15, 0.2) is 0 Å². The van der Waals surface area contributed by atoms with Crippen molar-refractivity contribution in [2.75, 3.05) is 0 Å². The van der Waals surface area contributed by atoms with Crippen LogP contribution in [0.1, 0.15) is 56.1 Å². The van der Waals surface area contributed by atoms with Gasteiger partial charge in [-0.25, -0.2) is 4.98 Å². The molecule has 0 spiro atoms. The molecule has 0 bridgehead atoms. The molecule has 0 aliphatic heterocycles. The van der Waals surface area contributed by atoms with Crippen LogP contribution in [0.4, 0.5) is 0 Å². The van der Waals surface area contributed by atoms with Crippen molar-refractivity contribution >= 4 is 11.3 Å². The van der Waals surface area contributed by atoms with Gasteiger partial charge in [0.2, 0.25) is 0 Å². The van der Waals surface area contributed by atoms with Crippen LogP contribution in [-0.2, 0) is 18.4 Å². The molecule has 1 heterocycles. The Morgan fingerprint density at radius 1 is 1.38 bits per heavy atom. The maximum Gasteiger partial charge on any atom is 0.0929 e. The van der Waals surface area contributed by atoms with Crippen molar-refractivity contribution in [3.8, 4) is 0 Å². The smallest absolute Gasteiger partial charge is 0.0929 e. The molecule has 1 N–H and O–H groups in total. The van der Waals surface area contributed by atoms with Gasteiger partial charge in [-0.15, -0.1) is 11.3 Å². The second-order valence-electron chi connectivity index (χ2n) is 5.64. The Hall–Kier alpha value is -0.410. The summed E-state index contributed by atoms with van der Waals surface area (Å²) in [6.07, 6.45) is 3.76. The van der Waals surface area contributed by atoms with Crippen LogP contribution in [-0.4, -0.2) is 11.0 Å². The van der Waals surface area contributed by atoms with Crippen LogP contribution in [0.2, 0.25) is 0 Å². The van der Waals surface area contributed by atoms with E-state index >= 15 is 0 Å². The van der Waals surface area contributed by atoms with Crippen LogP contribution in [0.3, 0.4) is 0 Å². The van der Waals surface area contributed by atoms with Crippen molar-refractivity contribution in [2.45, 2.75) is 65.0 Å². The van der Waals surface area contributed by atoms with Gasteiger partial charge in [-0.05, 0) is 19.3 Å². The Kier molecular flexibility index (Phi) is 3.36. The van der Waals surface area contributed by atoms with Gasteiger partial charge < -0.3 is 5.32 Å². The summed E-state index contributed by atoms with van der Waals surface area (Å²) in [5.74, 6) is 0. The van der Waals surface area contributed by atoms with Crippen molar-refractivity contribution in [3.05, 3.63) is 15.6 Å². The first-order chi connectivity index (χ1) is 7.50. The van der Waals surface area contributed by atoms with E-state index in [9.17, 15) is 0 Å². The normalized spacial score (nSPS) is 16.8. The van der Waals surface area contributed by atoms with E-state index in [1.54, 1.807) is 0 Å². The average molecular weight is 238 g/mol. The highest BCUT2D eigenvalue weighted by molar-refractivity contribution is 7.11.